The quantitative estimate of drug-likeness (QED) is 0.349. The van der Waals surface area contributed by atoms with E-state index in [0.717, 1.165) is 22.1 Å². The van der Waals surface area contributed by atoms with E-state index >= 15 is 0 Å². The van der Waals surface area contributed by atoms with Gasteiger partial charge in [0.05, 0.1) is 11.5 Å². The van der Waals surface area contributed by atoms with E-state index in [-0.39, 0.29) is 12.3 Å². The standard InChI is InChI=1S/C23H23BN2O5/c1-16-3-7-19(8-4-16)24(28)20-9-5-18(6-10-20)13-14-31-23(27)25-22-12-11-21(26(29)30)15-17(22)2/h3-12,15,28H,13-14H2,1-2H3,(H,25,27). The Kier molecular flexibility index (Phi) is 7.05. The molecule has 0 saturated carbocycles. The van der Waals surface area contributed by atoms with Crippen LogP contribution in [0.5, 0.6) is 0 Å². The van der Waals surface area contributed by atoms with Crippen molar-refractivity contribution in [1.29, 1.82) is 0 Å². The van der Waals surface area contributed by atoms with Crippen molar-refractivity contribution in [2.45, 2.75) is 20.3 Å². The number of rotatable bonds is 7. The van der Waals surface area contributed by atoms with Gasteiger partial charge in [0.25, 0.3) is 5.69 Å². The maximum atomic E-state index is 12.0. The Morgan fingerprint density at radius 1 is 1.03 bits per heavy atom. The van der Waals surface area contributed by atoms with Crippen LogP contribution in [-0.4, -0.2) is 29.6 Å². The molecule has 0 aliphatic rings. The zero-order valence-electron chi connectivity index (χ0n) is 17.4. The molecule has 31 heavy (non-hydrogen) atoms. The lowest BCUT2D eigenvalue weighted by Gasteiger charge is -2.10. The minimum absolute atomic E-state index is 0.0349. The summed E-state index contributed by atoms with van der Waals surface area (Å²) in [6.45, 7) is 3.16. The number of ether oxygens (including phenoxy) is 1. The fraction of sp³-hybridized carbons (Fsp3) is 0.174. The third-order valence-electron chi connectivity index (χ3n) is 4.97. The van der Waals surface area contributed by atoms with Crippen LogP contribution in [0.25, 0.3) is 0 Å². The number of nitrogens with one attached hydrogen (secondary N) is 1. The largest absolute Gasteiger partial charge is 0.449 e. The smallest absolute Gasteiger partial charge is 0.411 e. The maximum Gasteiger partial charge on any atom is 0.411 e. The molecule has 8 heteroatoms. The van der Waals surface area contributed by atoms with Crippen LogP contribution in [0.2, 0.25) is 0 Å². The van der Waals surface area contributed by atoms with Gasteiger partial charge in [-0.15, -0.1) is 0 Å². The van der Waals surface area contributed by atoms with Crippen molar-refractivity contribution >= 4 is 35.3 Å². The van der Waals surface area contributed by atoms with E-state index in [1.54, 1.807) is 6.92 Å². The van der Waals surface area contributed by atoms with Crippen LogP contribution in [0, 0.1) is 24.0 Å². The highest BCUT2D eigenvalue weighted by Crippen LogP contribution is 2.21. The molecule has 158 valence electrons. The fourth-order valence-corrected chi connectivity index (χ4v) is 3.12. The molecule has 0 spiro atoms. The molecule has 0 saturated heterocycles. The van der Waals surface area contributed by atoms with E-state index in [0.29, 0.717) is 17.7 Å². The summed E-state index contributed by atoms with van der Waals surface area (Å²) in [7, 11) is 0. The molecule has 0 aliphatic heterocycles. The van der Waals surface area contributed by atoms with Crippen LogP contribution in [0.4, 0.5) is 16.2 Å². The second kappa shape index (κ2) is 9.91. The topological polar surface area (TPSA) is 102 Å². The molecule has 2 N–H and O–H groups in total. The molecular formula is C23H23BN2O5. The molecule has 7 nitrogen and oxygen atoms in total. The van der Waals surface area contributed by atoms with Gasteiger partial charge < -0.3 is 9.76 Å². The minimum Gasteiger partial charge on any atom is -0.449 e. The lowest BCUT2D eigenvalue weighted by Crippen LogP contribution is -2.42. The first-order valence-corrected chi connectivity index (χ1v) is 9.86. The molecule has 0 atom stereocenters. The summed E-state index contributed by atoms with van der Waals surface area (Å²) in [4.78, 5) is 22.3. The number of carbonyl (C=O) groups is 1. The van der Waals surface area contributed by atoms with Crippen molar-refractivity contribution in [3.63, 3.8) is 0 Å². The molecule has 0 radical (unpaired) electrons. The highest BCUT2D eigenvalue weighted by atomic mass is 16.6. The molecule has 0 aromatic heterocycles. The molecule has 0 unspecified atom stereocenters. The van der Waals surface area contributed by atoms with Crippen molar-refractivity contribution < 1.29 is 19.5 Å². The number of hydrogen-bond acceptors (Lipinski definition) is 5. The highest BCUT2D eigenvalue weighted by Gasteiger charge is 2.16. The molecule has 0 heterocycles. The highest BCUT2D eigenvalue weighted by molar-refractivity contribution is 6.78. The third kappa shape index (κ3) is 5.93. The number of carbonyl (C=O) groups excluding carboxylic acids is 1. The number of anilines is 1. The molecular weight excluding hydrogens is 395 g/mol. The zero-order valence-corrected chi connectivity index (χ0v) is 17.4. The Labute approximate surface area is 181 Å². The first kappa shape index (κ1) is 22.0. The van der Waals surface area contributed by atoms with Gasteiger partial charge in [-0.3, -0.25) is 15.4 Å². The maximum absolute atomic E-state index is 12.0. The van der Waals surface area contributed by atoms with Gasteiger partial charge in [-0.1, -0.05) is 54.1 Å². The van der Waals surface area contributed by atoms with E-state index in [1.807, 2.05) is 55.5 Å². The zero-order chi connectivity index (χ0) is 22.4. The van der Waals surface area contributed by atoms with E-state index in [2.05, 4.69) is 5.32 Å². The molecule has 0 fully saturated rings. The van der Waals surface area contributed by atoms with Crippen LogP contribution < -0.4 is 16.2 Å². The number of aryl methyl sites for hydroxylation is 2. The van der Waals surface area contributed by atoms with Crippen LogP contribution in [0.1, 0.15) is 16.7 Å². The summed E-state index contributed by atoms with van der Waals surface area (Å²) in [5.74, 6) is 0. The van der Waals surface area contributed by atoms with Crippen LogP contribution in [-0.2, 0) is 11.2 Å². The number of benzene rings is 3. The lowest BCUT2D eigenvalue weighted by atomic mass is 9.56. The number of amides is 1. The Bertz CT molecular complexity index is 1070. The van der Waals surface area contributed by atoms with Crippen molar-refractivity contribution in [1.82, 2.24) is 0 Å². The second-order valence-electron chi connectivity index (χ2n) is 7.32. The number of non-ortho nitro benzene ring substituents is 1. The predicted molar refractivity (Wildman–Crippen MR) is 121 cm³/mol. The van der Waals surface area contributed by atoms with Gasteiger partial charge >= 0.3 is 13.0 Å². The first-order chi connectivity index (χ1) is 14.8. The van der Waals surface area contributed by atoms with Crippen LogP contribution >= 0.6 is 0 Å². The fourth-order valence-electron chi connectivity index (χ4n) is 3.12. The Balaban J connectivity index is 1.49. The normalized spacial score (nSPS) is 10.4. The lowest BCUT2D eigenvalue weighted by molar-refractivity contribution is -0.384. The molecule has 3 rings (SSSR count). The van der Waals surface area contributed by atoms with Gasteiger partial charge in [-0.2, -0.15) is 0 Å². The van der Waals surface area contributed by atoms with Crippen LogP contribution in [0.15, 0.2) is 66.7 Å². The van der Waals surface area contributed by atoms with Gasteiger partial charge in [-0.05, 0) is 42.0 Å². The van der Waals surface area contributed by atoms with E-state index in [1.165, 1.54) is 18.2 Å². The Hall–Kier alpha value is -3.65. The summed E-state index contributed by atoms with van der Waals surface area (Å²) in [6.07, 6.45) is -0.100. The van der Waals surface area contributed by atoms with Gasteiger partial charge in [0.15, 0.2) is 0 Å². The number of nitro groups is 1. The van der Waals surface area contributed by atoms with Gasteiger partial charge in [0, 0.05) is 24.2 Å². The van der Waals surface area contributed by atoms with Crippen molar-refractivity contribution in [2.75, 3.05) is 11.9 Å². The van der Waals surface area contributed by atoms with Gasteiger partial charge in [0.2, 0.25) is 0 Å². The van der Waals surface area contributed by atoms with Crippen molar-refractivity contribution in [3.05, 3.63) is 93.5 Å². The molecule has 0 bridgehead atoms. The minimum atomic E-state index is -0.693. The Morgan fingerprint density at radius 2 is 1.65 bits per heavy atom. The van der Waals surface area contributed by atoms with Crippen LogP contribution in [0.3, 0.4) is 0 Å². The summed E-state index contributed by atoms with van der Waals surface area (Å²) in [6, 6.07) is 19.5. The van der Waals surface area contributed by atoms with Gasteiger partial charge in [0.1, 0.15) is 0 Å². The summed E-state index contributed by atoms with van der Waals surface area (Å²) >= 11 is 0. The average Bonchev–Trinajstić information content (AvgIpc) is 2.75. The van der Waals surface area contributed by atoms with Crippen molar-refractivity contribution in [3.8, 4) is 0 Å². The molecule has 3 aromatic rings. The first-order valence-electron chi connectivity index (χ1n) is 9.86. The SMILES string of the molecule is Cc1ccc(B(O)c2ccc(CCOC(=O)Nc3ccc([N+](=O)[O-])cc3C)cc2)cc1. The predicted octanol–water partition coefficient (Wildman–Crippen LogP) is 3.10. The Morgan fingerprint density at radius 3 is 2.23 bits per heavy atom. The average molecular weight is 418 g/mol. The van der Waals surface area contributed by atoms with Crippen molar-refractivity contribution in [2.24, 2.45) is 0 Å². The summed E-state index contributed by atoms with van der Waals surface area (Å²) < 4.78 is 5.21. The third-order valence-corrected chi connectivity index (χ3v) is 4.97. The molecule has 3 aromatic carbocycles. The number of hydrogen-bond donors (Lipinski definition) is 2. The van der Waals surface area contributed by atoms with E-state index in [4.69, 9.17) is 4.74 Å². The molecule has 0 aliphatic carbocycles. The summed E-state index contributed by atoms with van der Waals surface area (Å²) in [5, 5.41) is 23.9. The molecule has 1 amide bonds. The number of nitro benzene ring substituents is 1. The number of nitrogens with zero attached hydrogens (tertiary/aromatic N) is 1. The summed E-state index contributed by atoms with van der Waals surface area (Å²) in [5.41, 5.74) is 4.74. The van der Waals surface area contributed by atoms with E-state index < -0.39 is 17.9 Å². The van der Waals surface area contributed by atoms with E-state index in [9.17, 15) is 19.9 Å². The monoisotopic (exact) mass is 418 g/mol. The second-order valence-corrected chi connectivity index (χ2v) is 7.32. The van der Waals surface area contributed by atoms with Gasteiger partial charge in [-0.25, -0.2) is 4.79 Å².